The fourth-order valence-electron chi connectivity index (χ4n) is 2.16. The molecule has 0 atom stereocenters. The van der Waals surface area contributed by atoms with Crippen molar-refractivity contribution in [3.8, 4) is 11.4 Å². The summed E-state index contributed by atoms with van der Waals surface area (Å²) >= 11 is 1.35. The number of carbonyl (C=O) groups excluding carboxylic acids is 1. The molecule has 7 nitrogen and oxygen atoms in total. The molecule has 2 heterocycles. The van der Waals surface area contributed by atoms with E-state index >= 15 is 0 Å². The van der Waals surface area contributed by atoms with Gasteiger partial charge in [-0.1, -0.05) is 12.1 Å². The molecule has 0 aliphatic rings. The summed E-state index contributed by atoms with van der Waals surface area (Å²) in [7, 11) is 1.63. The van der Waals surface area contributed by atoms with E-state index < -0.39 is 0 Å². The van der Waals surface area contributed by atoms with Crippen LogP contribution in [0.4, 0.5) is 0 Å². The van der Waals surface area contributed by atoms with Crippen LogP contribution in [0.2, 0.25) is 0 Å². The zero-order chi connectivity index (χ0) is 16.2. The third-order valence-electron chi connectivity index (χ3n) is 3.37. The van der Waals surface area contributed by atoms with Gasteiger partial charge in [0.25, 0.3) is 5.91 Å². The summed E-state index contributed by atoms with van der Waals surface area (Å²) in [5.41, 5.74) is 2.70. The third kappa shape index (κ3) is 3.21. The number of hydrogen-bond donors (Lipinski definition) is 1. The Labute approximate surface area is 136 Å². The van der Waals surface area contributed by atoms with Gasteiger partial charge in [-0.3, -0.25) is 4.79 Å². The van der Waals surface area contributed by atoms with Crippen LogP contribution in [0.1, 0.15) is 20.8 Å². The van der Waals surface area contributed by atoms with Crippen LogP contribution in [0, 0.1) is 6.92 Å². The Bertz CT molecular complexity index is 813. The Morgan fingerprint density at radius 3 is 3.00 bits per heavy atom. The quantitative estimate of drug-likeness (QED) is 0.774. The first-order valence-electron chi connectivity index (χ1n) is 6.91. The highest BCUT2D eigenvalue weighted by Crippen LogP contribution is 2.21. The van der Waals surface area contributed by atoms with Crippen LogP contribution in [-0.2, 0) is 6.54 Å². The van der Waals surface area contributed by atoms with Gasteiger partial charge in [-0.25, -0.2) is 0 Å². The molecule has 0 bridgehead atoms. The first-order chi connectivity index (χ1) is 11.2. The largest absolute Gasteiger partial charge is 0.496 e. The molecule has 3 rings (SSSR count). The topological polar surface area (TPSA) is 81.9 Å². The van der Waals surface area contributed by atoms with Gasteiger partial charge in [-0.15, -0.1) is 16.4 Å². The molecular formula is C15H15N5O2S. The number of amides is 1. The fraction of sp³-hybridized carbons (Fsp3) is 0.200. The molecule has 0 fully saturated rings. The number of methoxy groups -OCH3 is 1. The number of hydrogen-bond acceptors (Lipinski definition) is 6. The number of nitrogens with one attached hydrogen (secondary N) is 1. The molecule has 0 aliphatic carbocycles. The van der Waals surface area contributed by atoms with Crippen LogP contribution in [0.25, 0.3) is 5.69 Å². The minimum absolute atomic E-state index is 0.162. The van der Waals surface area contributed by atoms with E-state index in [-0.39, 0.29) is 5.91 Å². The zero-order valence-corrected chi connectivity index (χ0v) is 13.5. The van der Waals surface area contributed by atoms with E-state index in [1.807, 2.05) is 36.6 Å². The van der Waals surface area contributed by atoms with Crippen molar-refractivity contribution < 1.29 is 9.53 Å². The molecule has 8 heteroatoms. The molecule has 0 saturated carbocycles. The molecule has 1 aromatic carbocycles. The van der Waals surface area contributed by atoms with Crippen LogP contribution < -0.4 is 10.1 Å². The lowest BCUT2D eigenvalue weighted by Crippen LogP contribution is -2.23. The highest BCUT2D eigenvalue weighted by Gasteiger charge is 2.15. The summed E-state index contributed by atoms with van der Waals surface area (Å²) in [6.07, 6.45) is 1.46. The van der Waals surface area contributed by atoms with Gasteiger partial charge >= 0.3 is 0 Å². The molecule has 0 saturated heterocycles. The highest BCUT2D eigenvalue weighted by molar-refractivity contribution is 7.12. The van der Waals surface area contributed by atoms with Crippen LogP contribution in [0.5, 0.6) is 5.75 Å². The van der Waals surface area contributed by atoms with E-state index in [9.17, 15) is 4.79 Å². The number of benzene rings is 1. The van der Waals surface area contributed by atoms with E-state index in [0.29, 0.717) is 17.1 Å². The SMILES string of the molecule is COc1cc(CNC(=O)c2sccc2-n2cnnn2)ccc1C. The standard InChI is InChI=1S/C15H15N5O2S/c1-10-3-4-11(7-13(10)22-2)8-16-15(21)14-12(5-6-23-14)20-9-17-18-19-20/h3-7,9H,8H2,1-2H3,(H,16,21). The van der Waals surface area contributed by atoms with E-state index in [1.54, 1.807) is 7.11 Å². The summed E-state index contributed by atoms with van der Waals surface area (Å²) in [4.78, 5) is 13.0. The Morgan fingerprint density at radius 2 is 2.26 bits per heavy atom. The van der Waals surface area contributed by atoms with Gasteiger partial charge in [0.2, 0.25) is 0 Å². The second kappa shape index (κ2) is 6.57. The maximum Gasteiger partial charge on any atom is 0.263 e. The van der Waals surface area contributed by atoms with E-state index in [2.05, 4.69) is 20.8 Å². The summed E-state index contributed by atoms with van der Waals surface area (Å²) in [5, 5.41) is 15.7. The molecule has 1 amide bonds. The number of carbonyl (C=O) groups is 1. The van der Waals surface area contributed by atoms with Crippen molar-refractivity contribution in [2.45, 2.75) is 13.5 Å². The summed E-state index contributed by atoms with van der Waals surface area (Å²) in [6.45, 7) is 2.40. The highest BCUT2D eigenvalue weighted by atomic mass is 32.1. The molecule has 0 radical (unpaired) electrons. The summed E-state index contributed by atoms with van der Waals surface area (Å²) < 4.78 is 6.77. The van der Waals surface area contributed by atoms with Crippen LogP contribution in [0.3, 0.4) is 0 Å². The lowest BCUT2D eigenvalue weighted by molar-refractivity contribution is 0.0955. The second-order valence-electron chi connectivity index (χ2n) is 4.88. The van der Waals surface area contributed by atoms with E-state index in [1.165, 1.54) is 22.3 Å². The molecule has 0 aliphatic heterocycles. The first kappa shape index (κ1) is 15.2. The Morgan fingerprint density at radius 1 is 1.39 bits per heavy atom. The van der Waals surface area contributed by atoms with Crippen molar-refractivity contribution >= 4 is 17.2 Å². The molecule has 0 spiro atoms. The molecule has 1 N–H and O–H groups in total. The van der Waals surface area contributed by atoms with Crippen molar-refractivity contribution in [1.82, 2.24) is 25.5 Å². The average Bonchev–Trinajstić information content (AvgIpc) is 3.24. The predicted octanol–water partition coefficient (Wildman–Crippen LogP) is 1.97. The zero-order valence-electron chi connectivity index (χ0n) is 12.7. The normalized spacial score (nSPS) is 10.5. The van der Waals surface area contributed by atoms with E-state index in [0.717, 1.165) is 16.9 Å². The summed E-state index contributed by atoms with van der Waals surface area (Å²) in [6, 6.07) is 7.67. The molecule has 0 unspecified atom stereocenters. The van der Waals surface area contributed by atoms with Crippen molar-refractivity contribution in [3.05, 3.63) is 52.0 Å². The third-order valence-corrected chi connectivity index (χ3v) is 4.27. The van der Waals surface area contributed by atoms with Gasteiger partial charge in [0.1, 0.15) is 17.0 Å². The Hall–Kier alpha value is -2.74. The van der Waals surface area contributed by atoms with Crippen molar-refractivity contribution in [2.75, 3.05) is 7.11 Å². The molecule has 118 valence electrons. The van der Waals surface area contributed by atoms with Gasteiger partial charge in [-0.05, 0) is 46.0 Å². The number of aromatic nitrogens is 4. The summed E-state index contributed by atoms with van der Waals surface area (Å²) in [5.74, 6) is 0.646. The Kier molecular flexibility index (Phi) is 4.33. The number of ether oxygens (including phenoxy) is 1. The number of thiophene rings is 1. The first-order valence-corrected chi connectivity index (χ1v) is 7.79. The predicted molar refractivity (Wildman–Crippen MR) is 85.9 cm³/mol. The Balaban J connectivity index is 1.72. The van der Waals surface area contributed by atoms with Crippen LogP contribution in [-0.4, -0.2) is 33.2 Å². The molecule has 23 heavy (non-hydrogen) atoms. The lowest BCUT2D eigenvalue weighted by atomic mass is 10.1. The number of tetrazole rings is 1. The van der Waals surface area contributed by atoms with Crippen LogP contribution in [0.15, 0.2) is 36.0 Å². The number of rotatable bonds is 5. The van der Waals surface area contributed by atoms with Gasteiger partial charge in [0.05, 0.1) is 12.8 Å². The van der Waals surface area contributed by atoms with Crippen molar-refractivity contribution in [1.29, 1.82) is 0 Å². The van der Waals surface area contributed by atoms with Gasteiger partial charge in [-0.2, -0.15) is 4.68 Å². The van der Waals surface area contributed by atoms with Crippen molar-refractivity contribution in [3.63, 3.8) is 0 Å². The number of aryl methyl sites for hydroxylation is 1. The van der Waals surface area contributed by atoms with Gasteiger partial charge < -0.3 is 10.1 Å². The fourth-order valence-corrected chi connectivity index (χ4v) is 2.96. The minimum Gasteiger partial charge on any atom is -0.496 e. The maximum absolute atomic E-state index is 12.4. The molecular weight excluding hydrogens is 314 g/mol. The minimum atomic E-state index is -0.162. The smallest absolute Gasteiger partial charge is 0.263 e. The second-order valence-corrected chi connectivity index (χ2v) is 5.79. The maximum atomic E-state index is 12.4. The van der Waals surface area contributed by atoms with Crippen molar-refractivity contribution in [2.24, 2.45) is 0 Å². The van der Waals surface area contributed by atoms with Gasteiger partial charge in [0, 0.05) is 6.54 Å². The lowest BCUT2D eigenvalue weighted by Gasteiger charge is -2.09. The van der Waals surface area contributed by atoms with E-state index in [4.69, 9.17) is 4.74 Å². The average molecular weight is 329 g/mol. The van der Waals surface area contributed by atoms with Gasteiger partial charge in [0.15, 0.2) is 0 Å². The monoisotopic (exact) mass is 329 g/mol. The molecule has 2 aromatic heterocycles. The molecule has 3 aromatic rings. The van der Waals surface area contributed by atoms with Crippen LogP contribution >= 0.6 is 11.3 Å². The number of nitrogens with zero attached hydrogens (tertiary/aromatic N) is 4.